The second-order valence-corrected chi connectivity index (χ2v) is 6.86. The lowest BCUT2D eigenvalue weighted by molar-refractivity contribution is -0.00505. The predicted octanol–water partition coefficient (Wildman–Crippen LogP) is 2.67. The molecule has 126 valence electrons. The van der Waals surface area contributed by atoms with Crippen molar-refractivity contribution < 1.29 is 9.84 Å². The smallest absolute Gasteiger partial charge is 0.104 e. The van der Waals surface area contributed by atoms with E-state index in [0.717, 1.165) is 43.7 Å². The van der Waals surface area contributed by atoms with E-state index in [-0.39, 0.29) is 6.61 Å². The molecule has 3 heterocycles. The minimum atomic E-state index is -0.0861. The first-order chi connectivity index (χ1) is 11.8. The Morgan fingerprint density at radius 3 is 2.96 bits per heavy atom. The van der Waals surface area contributed by atoms with Gasteiger partial charge in [-0.3, -0.25) is 9.88 Å². The van der Waals surface area contributed by atoms with E-state index >= 15 is 0 Å². The number of aliphatic hydroxyl groups is 1. The Kier molecular flexibility index (Phi) is 6.39. The van der Waals surface area contributed by atoms with E-state index in [2.05, 4.69) is 33.2 Å². The Morgan fingerprint density at radius 2 is 2.21 bits per heavy atom. The first-order valence-electron chi connectivity index (χ1n) is 8.24. The largest absolute Gasteiger partial charge is 0.384 e. The number of rotatable bonds is 5. The highest BCUT2D eigenvalue weighted by atomic mass is 32.1. The minimum absolute atomic E-state index is 0.0861. The molecule has 0 atom stereocenters. The molecule has 3 rings (SSSR count). The summed E-state index contributed by atoms with van der Waals surface area (Å²) in [7, 11) is 0. The normalized spacial score (nSPS) is 15.9. The van der Waals surface area contributed by atoms with Crippen LogP contribution in [0.15, 0.2) is 35.8 Å². The number of pyridine rings is 1. The van der Waals surface area contributed by atoms with Crippen LogP contribution >= 0.6 is 11.3 Å². The highest BCUT2D eigenvalue weighted by molar-refractivity contribution is 7.10. The number of piperidine rings is 1. The number of ether oxygens (including phenoxy) is 1. The van der Waals surface area contributed by atoms with E-state index in [4.69, 9.17) is 9.84 Å². The first-order valence-corrected chi connectivity index (χ1v) is 9.12. The van der Waals surface area contributed by atoms with E-state index in [0.29, 0.717) is 12.7 Å². The number of nitrogens with zero attached hydrogens (tertiary/aromatic N) is 2. The molecule has 1 aliphatic heterocycles. The van der Waals surface area contributed by atoms with Crippen LogP contribution in [0, 0.1) is 11.8 Å². The Labute approximate surface area is 147 Å². The van der Waals surface area contributed by atoms with E-state index < -0.39 is 0 Å². The molecule has 4 nitrogen and oxygen atoms in total. The molecule has 1 fully saturated rings. The minimum Gasteiger partial charge on any atom is -0.384 e. The lowest BCUT2D eigenvalue weighted by Crippen LogP contribution is -2.36. The summed E-state index contributed by atoms with van der Waals surface area (Å²) >= 11 is 1.74. The van der Waals surface area contributed by atoms with Crippen LogP contribution in [0.25, 0.3) is 0 Å². The van der Waals surface area contributed by atoms with Crippen LogP contribution in [0.1, 0.15) is 29.0 Å². The highest BCUT2D eigenvalue weighted by Crippen LogP contribution is 2.20. The zero-order chi connectivity index (χ0) is 16.6. The molecule has 24 heavy (non-hydrogen) atoms. The van der Waals surface area contributed by atoms with E-state index in [1.165, 1.54) is 4.88 Å². The SMILES string of the molecule is OCC#Cc1csc(CN2CCC(OCc3ccccn3)CC2)c1. The zero-order valence-electron chi connectivity index (χ0n) is 13.6. The van der Waals surface area contributed by atoms with E-state index in [9.17, 15) is 0 Å². The summed E-state index contributed by atoms with van der Waals surface area (Å²) < 4.78 is 5.99. The average Bonchev–Trinajstić information content (AvgIpc) is 3.07. The fourth-order valence-electron chi connectivity index (χ4n) is 2.81. The molecule has 0 bridgehead atoms. The van der Waals surface area contributed by atoms with Crippen molar-refractivity contribution in [3.05, 3.63) is 52.0 Å². The van der Waals surface area contributed by atoms with Crippen molar-refractivity contribution in [1.82, 2.24) is 9.88 Å². The fraction of sp³-hybridized carbons (Fsp3) is 0.421. The zero-order valence-corrected chi connectivity index (χ0v) is 14.5. The van der Waals surface area contributed by atoms with Gasteiger partial charge in [-0.05, 0) is 31.0 Å². The van der Waals surface area contributed by atoms with Crippen LogP contribution in [-0.4, -0.2) is 40.8 Å². The maximum atomic E-state index is 8.74. The summed E-state index contributed by atoms with van der Waals surface area (Å²) in [6.07, 6.45) is 4.27. The molecular formula is C19H22N2O2S. The van der Waals surface area contributed by atoms with Gasteiger partial charge in [-0.1, -0.05) is 17.9 Å². The standard InChI is InChI=1S/C19H22N2O2S/c22-11-3-4-16-12-19(24-15-16)13-21-9-6-18(7-10-21)23-14-17-5-1-2-8-20-17/h1-2,5,8,12,15,18,22H,6-7,9-11,13-14H2. The van der Waals surface area contributed by atoms with Gasteiger partial charge in [-0.2, -0.15) is 0 Å². The maximum Gasteiger partial charge on any atom is 0.104 e. The molecule has 1 N–H and O–H groups in total. The number of aromatic nitrogens is 1. The lowest BCUT2D eigenvalue weighted by atomic mass is 10.1. The van der Waals surface area contributed by atoms with Gasteiger partial charge in [-0.15, -0.1) is 11.3 Å². The van der Waals surface area contributed by atoms with E-state index in [1.807, 2.05) is 24.4 Å². The summed E-state index contributed by atoms with van der Waals surface area (Å²) in [4.78, 5) is 8.09. The third kappa shape index (κ3) is 5.15. The van der Waals surface area contributed by atoms with Crippen molar-refractivity contribution in [2.24, 2.45) is 0 Å². The van der Waals surface area contributed by atoms with Crippen LogP contribution in [0.3, 0.4) is 0 Å². The van der Waals surface area contributed by atoms with Gasteiger partial charge in [0.25, 0.3) is 0 Å². The second kappa shape index (κ2) is 8.95. The summed E-state index contributed by atoms with van der Waals surface area (Å²) in [5, 5.41) is 10.8. The fourth-order valence-corrected chi connectivity index (χ4v) is 3.67. The second-order valence-electron chi connectivity index (χ2n) is 5.87. The molecule has 1 aliphatic rings. The number of likely N-dealkylation sites (tertiary alicyclic amines) is 1. The van der Waals surface area contributed by atoms with Gasteiger partial charge in [0.15, 0.2) is 0 Å². The first kappa shape index (κ1) is 17.1. The quantitative estimate of drug-likeness (QED) is 0.849. The summed E-state index contributed by atoms with van der Waals surface area (Å²) in [5.41, 5.74) is 1.99. The third-order valence-corrected chi connectivity index (χ3v) is 4.99. The number of hydrogen-bond donors (Lipinski definition) is 1. The van der Waals surface area contributed by atoms with Crippen molar-refractivity contribution in [2.45, 2.75) is 32.1 Å². The van der Waals surface area contributed by atoms with Gasteiger partial charge in [0.1, 0.15) is 6.61 Å². The molecule has 0 amide bonds. The molecule has 2 aromatic heterocycles. The van der Waals surface area contributed by atoms with Gasteiger partial charge in [0.2, 0.25) is 0 Å². The molecule has 0 aromatic carbocycles. The Morgan fingerprint density at radius 1 is 1.33 bits per heavy atom. The Hall–Kier alpha value is -1.71. The van der Waals surface area contributed by atoms with Crippen LogP contribution in [0.2, 0.25) is 0 Å². The molecule has 0 radical (unpaired) electrons. The Bertz CT molecular complexity index is 682. The maximum absolute atomic E-state index is 8.74. The summed E-state index contributed by atoms with van der Waals surface area (Å²) in [6.45, 7) is 3.60. The average molecular weight is 342 g/mol. The molecule has 0 saturated carbocycles. The third-order valence-electron chi connectivity index (χ3n) is 4.07. The molecule has 0 aliphatic carbocycles. The molecule has 1 saturated heterocycles. The monoisotopic (exact) mass is 342 g/mol. The molecule has 0 spiro atoms. The number of hydrogen-bond acceptors (Lipinski definition) is 5. The topological polar surface area (TPSA) is 45.6 Å². The van der Waals surface area contributed by atoms with Gasteiger partial charge in [-0.25, -0.2) is 0 Å². The molecule has 5 heteroatoms. The number of aliphatic hydroxyl groups excluding tert-OH is 1. The summed E-state index contributed by atoms with van der Waals surface area (Å²) in [6, 6.07) is 8.04. The predicted molar refractivity (Wildman–Crippen MR) is 95.6 cm³/mol. The van der Waals surface area contributed by atoms with Crippen molar-refractivity contribution in [2.75, 3.05) is 19.7 Å². The Balaban J connectivity index is 1.41. The van der Waals surface area contributed by atoms with Gasteiger partial charge in [0.05, 0.1) is 18.4 Å². The van der Waals surface area contributed by atoms with Crippen LogP contribution in [0.4, 0.5) is 0 Å². The lowest BCUT2D eigenvalue weighted by Gasteiger charge is -2.31. The molecule has 2 aromatic rings. The molecule has 0 unspecified atom stereocenters. The van der Waals surface area contributed by atoms with Crippen molar-refractivity contribution in [3.63, 3.8) is 0 Å². The van der Waals surface area contributed by atoms with Crippen molar-refractivity contribution in [3.8, 4) is 11.8 Å². The number of thiophene rings is 1. The van der Waals surface area contributed by atoms with Gasteiger partial charge in [0, 0.05) is 41.7 Å². The van der Waals surface area contributed by atoms with Gasteiger partial charge >= 0.3 is 0 Å². The van der Waals surface area contributed by atoms with Crippen LogP contribution in [0.5, 0.6) is 0 Å². The van der Waals surface area contributed by atoms with Crippen molar-refractivity contribution >= 4 is 11.3 Å². The highest BCUT2D eigenvalue weighted by Gasteiger charge is 2.20. The van der Waals surface area contributed by atoms with Crippen LogP contribution in [-0.2, 0) is 17.9 Å². The van der Waals surface area contributed by atoms with Crippen molar-refractivity contribution in [1.29, 1.82) is 0 Å². The van der Waals surface area contributed by atoms with E-state index in [1.54, 1.807) is 11.3 Å². The van der Waals surface area contributed by atoms with Gasteiger partial charge < -0.3 is 9.84 Å². The molecular weight excluding hydrogens is 320 g/mol. The summed E-state index contributed by atoms with van der Waals surface area (Å²) in [5.74, 6) is 5.65. The van der Waals surface area contributed by atoms with Crippen LogP contribution < -0.4 is 0 Å².